The van der Waals surface area contributed by atoms with E-state index in [1.54, 1.807) is 24.3 Å². The standard InChI is InChI=1S/C30H36FN3O5S/c1-5-22(2)32-30(36)27(19-23-13-7-6-8-14-23)33(20-24-15-9-10-16-25(24)31)29(35)21-34(40(4,37)38)26-17-11-12-18-28(26)39-3/h6-18,22,27H,5,19-21H2,1-4H3,(H,32,36)/t22-,27+/m0/s1. The molecule has 0 aromatic heterocycles. The summed E-state index contributed by atoms with van der Waals surface area (Å²) in [5.74, 6) is -1.35. The van der Waals surface area contributed by atoms with E-state index >= 15 is 0 Å². The lowest BCUT2D eigenvalue weighted by Crippen LogP contribution is -2.54. The van der Waals surface area contributed by atoms with Crippen LogP contribution in [0.15, 0.2) is 78.9 Å². The number of amides is 2. The molecule has 0 fully saturated rings. The van der Waals surface area contributed by atoms with Gasteiger partial charge in [-0.2, -0.15) is 0 Å². The minimum absolute atomic E-state index is 0.150. The fourth-order valence-electron chi connectivity index (χ4n) is 4.24. The van der Waals surface area contributed by atoms with Crippen LogP contribution in [0.4, 0.5) is 10.1 Å². The van der Waals surface area contributed by atoms with E-state index in [1.165, 1.54) is 36.3 Å². The molecule has 10 heteroatoms. The first-order chi connectivity index (χ1) is 19.0. The van der Waals surface area contributed by atoms with Crippen LogP contribution in [0.3, 0.4) is 0 Å². The van der Waals surface area contributed by atoms with E-state index in [1.807, 2.05) is 44.2 Å². The van der Waals surface area contributed by atoms with Crippen LogP contribution in [0.1, 0.15) is 31.4 Å². The number of ether oxygens (including phenoxy) is 1. The summed E-state index contributed by atoms with van der Waals surface area (Å²) in [6, 6.07) is 20.4. The van der Waals surface area contributed by atoms with E-state index in [2.05, 4.69) is 5.32 Å². The molecule has 40 heavy (non-hydrogen) atoms. The Morgan fingerprint density at radius 1 is 0.975 bits per heavy atom. The zero-order valence-electron chi connectivity index (χ0n) is 23.2. The van der Waals surface area contributed by atoms with Gasteiger partial charge in [-0.3, -0.25) is 13.9 Å². The third-order valence-electron chi connectivity index (χ3n) is 6.60. The van der Waals surface area contributed by atoms with Crippen LogP contribution in [0.2, 0.25) is 0 Å². The lowest BCUT2D eigenvalue weighted by molar-refractivity contribution is -0.140. The van der Waals surface area contributed by atoms with Gasteiger partial charge in [-0.15, -0.1) is 0 Å². The van der Waals surface area contributed by atoms with Gasteiger partial charge in [0.2, 0.25) is 21.8 Å². The van der Waals surface area contributed by atoms with Crippen molar-refractivity contribution in [3.05, 3.63) is 95.8 Å². The SMILES string of the molecule is CC[C@H](C)NC(=O)[C@@H](Cc1ccccc1)N(Cc1ccccc1F)C(=O)CN(c1ccccc1OC)S(C)(=O)=O. The van der Waals surface area contributed by atoms with Gasteiger partial charge in [0.05, 0.1) is 19.1 Å². The number of halogens is 1. The molecule has 3 aromatic rings. The molecule has 1 N–H and O–H groups in total. The summed E-state index contributed by atoms with van der Waals surface area (Å²) in [5, 5.41) is 2.94. The number of rotatable bonds is 13. The molecule has 0 aliphatic rings. The van der Waals surface area contributed by atoms with E-state index in [9.17, 15) is 22.4 Å². The number of carbonyl (C=O) groups is 2. The highest BCUT2D eigenvalue weighted by Crippen LogP contribution is 2.30. The predicted molar refractivity (Wildman–Crippen MR) is 154 cm³/mol. The van der Waals surface area contributed by atoms with E-state index < -0.39 is 40.2 Å². The van der Waals surface area contributed by atoms with E-state index in [0.29, 0.717) is 6.42 Å². The Labute approximate surface area is 235 Å². The molecule has 8 nitrogen and oxygen atoms in total. The molecule has 0 bridgehead atoms. The molecule has 0 aliphatic heterocycles. The Bertz CT molecular complexity index is 1400. The molecule has 2 amide bonds. The molecule has 0 heterocycles. The number of anilines is 1. The number of methoxy groups -OCH3 is 1. The molecule has 0 radical (unpaired) electrons. The Balaban J connectivity index is 2.09. The molecule has 0 unspecified atom stereocenters. The minimum atomic E-state index is -3.96. The predicted octanol–water partition coefficient (Wildman–Crippen LogP) is 4.16. The lowest BCUT2D eigenvalue weighted by Gasteiger charge is -2.34. The van der Waals surface area contributed by atoms with Gasteiger partial charge in [0.1, 0.15) is 24.2 Å². The van der Waals surface area contributed by atoms with Crippen molar-refractivity contribution in [2.75, 3.05) is 24.2 Å². The third kappa shape index (κ3) is 8.05. The van der Waals surface area contributed by atoms with E-state index in [0.717, 1.165) is 16.1 Å². The summed E-state index contributed by atoms with van der Waals surface area (Å²) in [5.41, 5.74) is 1.17. The maximum Gasteiger partial charge on any atom is 0.244 e. The quantitative estimate of drug-likeness (QED) is 0.334. The Hall–Kier alpha value is -3.92. The van der Waals surface area contributed by atoms with Gasteiger partial charge in [-0.05, 0) is 37.1 Å². The molecule has 0 spiro atoms. The fourth-order valence-corrected chi connectivity index (χ4v) is 5.09. The minimum Gasteiger partial charge on any atom is -0.495 e. The highest BCUT2D eigenvalue weighted by Gasteiger charge is 2.34. The first-order valence-corrected chi connectivity index (χ1v) is 14.9. The zero-order chi connectivity index (χ0) is 29.3. The number of benzene rings is 3. The first kappa shape index (κ1) is 30.6. The van der Waals surface area contributed by atoms with E-state index in [-0.39, 0.29) is 36.0 Å². The highest BCUT2D eigenvalue weighted by atomic mass is 32.2. The number of hydrogen-bond donors (Lipinski definition) is 1. The van der Waals surface area contributed by atoms with Crippen molar-refractivity contribution in [3.8, 4) is 5.75 Å². The molecule has 2 atom stereocenters. The Kier molecular flexibility index (Phi) is 10.7. The molecular formula is C30H36FN3O5S. The van der Waals surface area contributed by atoms with Crippen LogP contribution in [0.25, 0.3) is 0 Å². The summed E-state index contributed by atoms with van der Waals surface area (Å²) < 4.78 is 46.9. The van der Waals surface area contributed by atoms with Gasteiger partial charge >= 0.3 is 0 Å². The smallest absolute Gasteiger partial charge is 0.244 e. The van der Waals surface area contributed by atoms with E-state index in [4.69, 9.17) is 4.74 Å². The van der Waals surface area contributed by atoms with Crippen LogP contribution in [-0.4, -0.2) is 57.1 Å². The summed E-state index contributed by atoms with van der Waals surface area (Å²) in [6.07, 6.45) is 1.81. The van der Waals surface area contributed by atoms with Crippen LogP contribution in [0, 0.1) is 5.82 Å². The van der Waals surface area contributed by atoms with Gasteiger partial charge in [0.15, 0.2) is 0 Å². The zero-order valence-corrected chi connectivity index (χ0v) is 24.0. The Morgan fingerprint density at radius 3 is 2.23 bits per heavy atom. The molecule has 3 aromatic carbocycles. The number of hydrogen-bond acceptors (Lipinski definition) is 5. The topological polar surface area (TPSA) is 96.0 Å². The number of nitrogens with one attached hydrogen (secondary N) is 1. The van der Waals surface area contributed by atoms with Gasteiger partial charge < -0.3 is 15.0 Å². The van der Waals surface area contributed by atoms with Crippen molar-refractivity contribution in [2.24, 2.45) is 0 Å². The second-order valence-corrected chi connectivity index (χ2v) is 11.5. The molecular weight excluding hydrogens is 533 g/mol. The molecule has 0 aliphatic carbocycles. The average Bonchev–Trinajstić information content (AvgIpc) is 2.94. The average molecular weight is 570 g/mol. The van der Waals surface area contributed by atoms with Crippen LogP contribution >= 0.6 is 0 Å². The monoisotopic (exact) mass is 569 g/mol. The number of sulfonamides is 1. The lowest BCUT2D eigenvalue weighted by atomic mass is 10.0. The highest BCUT2D eigenvalue weighted by molar-refractivity contribution is 7.92. The van der Waals surface area contributed by atoms with Crippen molar-refractivity contribution in [1.29, 1.82) is 0 Å². The second kappa shape index (κ2) is 13.9. The van der Waals surface area contributed by atoms with Gasteiger partial charge in [0, 0.05) is 24.6 Å². The second-order valence-electron chi connectivity index (χ2n) is 9.58. The molecule has 0 saturated carbocycles. The molecule has 3 rings (SSSR count). The molecule has 214 valence electrons. The number of para-hydroxylation sites is 2. The first-order valence-electron chi connectivity index (χ1n) is 13.0. The maximum atomic E-state index is 14.8. The third-order valence-corrected chi connectivity index (χ3v) is 7.73. The van der Waals surface area contributed by atoms with Crippen LogP contribution in [-0.2, 0) is 32.6 Å². The van der Waals surface area contributed by atoms with Gasteiger partial charge in [-0.25, -0.2) is 12.8 Å². The fraction of sp³-hybridized carbons (Fsp3) is 0.333. The number of carbonyl (C=O) groups excluding carboxylic acids is 2. The van der Waals surface area contributed by atoms with Gasteiger partial charge in [0.25, 0.3) is 0 Å². The number of nitrogens with zero attached hydrogens (tertiary/aromatic N) is 2. The van der Waals surface area contributed by atoms with Crippen LogP contribution in [0.5, 0.6) is 5.75 Å². The van der Waals surface area contributed by atoms with Crippen molar-refractivity contribution in [3.63, 3.8) is 0 Å². The summed E-state index contributed by atoms with van der Waals surface area (Å²) in [6.45, 7) is 2.93. The van der Waals surface area contributed by atoms with Crippen molar-refractivity contribution in [1.82, 2.24) is 10.2 Å². The van der Waals surface area contributed by atoms with Gasteiger partial charge in [-0.1, -0.05) is 67.6 Å². The maximum absolute atomic E-state index is 14.8. The van der Waals surface area contributed by atoms with Crippen molar-refractivity contribution < 1.29 is 27.1 Å². The van der Waals surface area contributed by atoms with Crippen molar-refractivity contribution >= 4 is 27.5 Å². The summed E-state index contributed by atoms with van der Waals surface area (Å²) in [4.78, 5) is 29.0. The van der Waals surface area contributed by atoms with Crippen LogP contribution < -0.4 is 14.4 Å². The Morgan fingerprint density at radius 2 is 1.60 bits per heavy atom. The van der Waals surface area contributed by atoms with Crippen molar-refractivity contribution in [2.45, 2.75) is 45.3 Å². The summed E-state index contributed by atoms with van der Waals surface area (Å²) in [7, 11) is -2.55. The molecule has 0 saturated heterocycles. The summed E-state index contributed by atoms with van der Waals surface area (Å²) >= 11 is 0. The normalized spacial score (nSPS) is 12.7. The largest absolute Gasteiger partial charge is 0.495 e.